The summed E-state index contributed by atoms with van der Waals surface area (Å²) in [5.74, 6) is -0.672. The fourth-order valence-electron chi connectivity index (χ4n) is 1.31. The highest BCUT2D eigenvalue weighted by Gasteiger charge is 2.44. The number of esters is 1. The first-order chi connectivity index (χ1) is 8.75. The molecule has 0 saturated heterocycles. The van der Waals surface area contributed by atoms with Gasteiger partial charge in [-0.05, 0) is 19.1 Å². The summed E-state index contributed by atoms with van der Waals surface area (Å²) in [7, 11) is 1.40. The zero-order chi connectivity index (χ0) is 14.6. The van der Waals surface area contributed by atoms with E-state index in [9.17, 15) is 18.0 Å². The van der Waals surface area contributed by atoms with Crippen LogP contribution in [0.4, 0.5) is 13.2 Å². The van der Waals surface area contributed by atoms with Gasteiger partial charge in [-0.2, -0.15) is 13.2 Å². The molecular weight excluding hydrogens is 261 g/mol. The molecule has 0 aliphatic heterocycles. The van der Waals surface area contributed by atoms with E-state index >= 15 is 0 Å². The summed E-state index contributed by atoms with van der Waals surface area (Å²) in [5.41, 5.74) is -0.273. The summed E-state index contributed by atoms with van der Waals surface area (Å²) >= 11 is 0. The molecular formula is C13H13F3O3. The van der Waals surface area contributed by atoms with Crippen molar-refractivity contribution in [1.82, 2.24) is 0 Å². The van der Waals surface area contributed by atoms with Crippen LogP contribution in [-0.2, 0) is 9.53 Å². The molecule has 0 aliphatic carbocycles. The molecule has 19 heavy (non-hydrogen) atoms. The molecule has 1 unspecified atom stereocenters. The van der Waals surface area contributed by atoms with Crippen LogP contribution in [0.5, 0.6) is 5.75 Å². The minimum atomic E-state index is -4.69. The number of benzene rings is 1. The highest BCUT2D eigenvalue weighted by Crippen LogP contribution is 2.36. The van der Waals surface area contributed by atoms with Crippen molar-refractivity contribution in [3.63, 3.8) is 0 Å². The molecule has 1 aromatic rings. The van der Waals surface area contributed by atoms with E-state index in [4.69, 9.17) is 4.74 Å². The van der Waals surface area contributed by atoms with Gasteiger partial charge in [0.05, 0.1) is 7.11 Å². The van der Waals surface area contributed by atoms with Crippen LogP contribution in [-0.4, -0.2) is 19.3 Å². The van der Waals surface area contributed by atoms with Crippen molar-refractivity contribution >= 4 is 5.97 Å². The maximum absolute atomic E-state index is 12.9. The number of carbonyl (C=O) groups excluding carboxylic acids is 1. The first-order valence-electron chi connectivity index (χ1n) is 5.33. The van der Waals surface area contributed by atoms with Crippen LogP contribution in [0.2, 0.25) is 0 Å². The SMILES string of the molecule is C=C(C)C(=O)OC(c1ccc(OC)cc1)C(F)(F)F. The Bertz CT molecular complexity index is 463. The lowest BCUT2D eigenvalue weighted by Gasteiger charge is -2.21. The Kier molecular flexibility index (Phi) is 4.58. The maximum atomic E-state index is 12.9. The smallest absolute Gasteiger partial charge is 0.429 e. The molecule has 0 heterocycles. The van der Waals surface area contributed by atoms with E-state index < -0.39 is 18.2 Å². The van der Waals surface area contributed by atoms with Gasteiger partial charge in [-0.1, -0.05) is 18.7 Å². The molecule has 6 heteroatoms. The van der Waals surface area contributed by atoms with Crippen molar-refractivity contribution in [2.45, 2.75) is 19.2 Å². The molecule has 1 aromatic carbocycles. The van der Waals surface area contributed by atoms with E-state index in [1.54, 1.807) is 0 Å². The molecule has 0 saturated carbocycles. The molecule has 3 nitrogen and oxygen atoms in total. The van der Waals surface area contributed by atoms with Gasteiger partial charge >= 0.3 is 12.1 Å². The lowest BCUT2D eigenvalue weighted by Crippen LogP contribution is -2.26. The van der Waals surface area contributed by atoms with Gasteiger partial charge in [-0.3, -0.25) is 0 Å². The standard InChI is InChI=1S/C13H13F3O3/c1-8(2)12(17)19-11(13(14,15)16)9-4-6-10(18-3)7-5-9/h4-7,11H,1H2,2-3H3. The van der Waals surface area contributed by atoms with Crippen molar-refractivity contribution in [2.75, 3.05) is 7.11 Å². The average Bonchev–Trinajstić information content (AvgIpc) is 2.34. The lowest BCUT2D eigenvalue weighted by atomic mass is 10.1. The number of hydrogen-bond donors (Lipinski definition) is 0. The number of ether oxygens (including phenoxy) is 2. The number of alkyl halides is 3. The molecule has 0 N–H and O–H groups in total. The third kappa shape index (κ3) is 4.01. The zero-order valence-electron chi connectivity index (χ0n) is 10.5. The summed E-state index contributed by atoms with van der Waals surface area (Å²) in [6.07, 6.45) is -7.01. The summed E-state index contributed by atoms with van der Waals surface area (Å²) in [4.78, 5) is 11.2. The van der Waals surface area contributed by atoms with Crippen LogP contribution in [0, 0.1) is 0 Å². The summed E-state index contributed by atoms with van der Waals surface area (Å²) in [6.45, 7) is 4.53. The first-order valence-corrected chi connectivity index (χ1v) is 5.33. The molecule has 0 spiro atoms. The van der Waals surface area contributed by atoms with Crippen LogP contribution < -0.4 is 4.74 Å². The van der Waals surface area contributed by atoms with Crippen molar-refractivity contribution < 1.29 is 27.4 Å². The van der Waals surface area contributed by atoms with Crippen LogP contribution in [0.15, 0.2) is 36.4 Å². The quantitative estimate of drug-likeness (QED) is 0.623. The van der Waals surface area contributed by atoms with Gasteiger partial charge < -0.3 is 9.47 Å². The molecule has 0 bridgehead atoms. The van der Waals surface area contributed by atoms with Gasteiger partial charge in [0, 0.05) is 11.1 Å². The van der Waals surface area contributed by atoms with E-state index in [1.807, 2.05) is 0 Å². The van der Waals surface area contributed by atoms with Crippen molar-refractivity contribution in [2.24, 2.45) is 0 Å². The third-order valence-corrected chi connectivity index (χ3v) is 2.29. The molecule has 0 aromatic heterocycles. The van der Waals surface area contributed by atoms with Gasteiger partial charge in [-0.15, -0.1) is 0 Å². The maximum Gasteiger partial charge on any atom is 0.429 e. The largest absolute Gasteiger partial charge is 0.497 e. The zero-order valence-corrected chi connectivity index (χ0v) is 10.5. The second kappa shape index (κ2) is 5.77. The number of halogens is 3. The summed E-state index contributed by atoms with van der Waals surface area (Å²) in [6, 6.07) is 5.12. The fraction of sp³-hybridized carbons (Fsp3) is 0.308. The van der Waals surface area contributed by atoms with Crippen LogP contribution in [0.1, 0.15) is 18.6 Å². The van der Waals surface area contributed by atoms with Crippen molar-refractivity contribution in [3.8, 4) is 5.75 Å². The Labute approximate surface area is 108 Å². The van der Waals surface area contributed by atoms with Gasteiger partial charge in [-0.25, -0.2) is 4.79 Å². The monoisotopic (exact) mass is 274 g/mol. The molecule has 0 amide bonds. The molecule has 1 rings (SSSR count). The average molecular weight is 274 g/mol. The Hall–Kier alpha value is -1.98. The number of methoxy groups -OCH3 is 1. The first kappa shape index (κ1) is 15.1. The van der Waals surface area contributed by atoms with E-state index in [0.29, 0.717) is 5.75 Å². The fourth-order valence-corrected chi connectivity index (χ4v) is 1.31. The normalized spacial score (nSPS) is 12.7. The summed E-state index contributed by atoms with van der Waals surface area (Å²) in [5, 5.41) is 0. The van der Waals surface area contributed by atoms with Gasteiger partial charge in [0.1, 0.15) is 5.75 Å². The second-order valence-electron chi connectivity index (χ2n) is 3.88. The van der Waals surface area contributed by atoms with E-state index in [2.05, 4.69) is 11.3 Å². The van der Waals surface area contributed by atoms with Crippen LogP contribution in [0.3, 0.4) is 0 Å². The third-order valence-electron chi connectivity index (χ3n) is 2.29. The minimum absolute atomic E-state index is 0.0947. The van der Waals surface area contributed by atoms with Gasteiger partial charge in [0.25, 0.3) is 0 Å². The minimum Gasteiger partial charge on any atom is -0.497 e. The molecule has 1 atom stereocenters. The topological polar surface area (TPSA) is 35.5 Å². The lowest BCUT2D eigenvalue weighted by molar-refractivity contribution is -0.221. The number of hydrogen-bond acceptors (Lipinski definition) is 3. The molecule has 0 fully saturated rings. The van der Waals surface area contributed by atoms with Crippen LogP contribution >= 0.6 is 0 Å². The highest BCUT2D eigenvalue weighted by molar-refractivity contribution is 5.87. The molecule has 0 radical (unpaired) electrons. The Morgan fingerprint density at radius 2 is 1.79 bits per heavy atom. The van der Waals surface area contributed by atoms with E-state index in [1.165, 1.54) is 38.3 Å². The van der Waals surface area contributed by atoms with Crippen molar-refractivity contribution in [3.05, 3.63) is 42.0 Å². The molecule has 0 aliphatic rings. The van der Waals surface area contributed by atoms with E-state index in [0.717, 1.165) is 0 Å². The second-order valence-corrected chi connectivity index (χ2v) is 3.88. The van der Waals surface area contributed by atoms with Crippen LogP contribution in [0.25, 0.3) is 0 Å². The summed E-state index contributed by atoms with van der Waals surface area (Å²) < 4.78 is 47.9. The number of carbonyl (C=O) groups is 1. The van der Waals surface area contributed by atoms with Gasteiger partial charge in [0.2, 0.25) is 6.10 Å². The number of rotatable bonds is 4. The predicted molar refractivity (Wildman–Crippen MR) is 62.7 cm³/mol. The Morgan fingerprint density at radius 3 is 2.16 bits per heavy atom. The molecule has 104 valence electrons. The van der Waals surface area contributed by atoms with E-state index in [-0.39, 0.29) is 11.1 Å². The Balaban J connectivity index is 3.03. The Morgan fingerprint density at radius 1 is 1.26 bits per heavy atom. The van der Waals surface area contributed by atoms with Crippen molar-refractivity contribution in [1.29, 1.82) is 0 Å². The highest BCUT2D eigenvalue weighted by atomic mass is 19.4. The predicted octanol–water partition coefficient (Wildman–Crippen LogP) is 3.42. The van der Waals surface area contributed by atoms with Gasteiger partial charge in [0.15, 0.2) is 0 Å².